The molecule has 0 unspecified atom stereocenters. The van der Waals surface area contributed by atoms with E-state index in [2.05, 4.69) is 30.9 Å². The molecule has 0 fully saturated rings. The summed E-state index contributed by atoms with van der Waals surface area (Å²) in [7, 11) is -2.31. The number of nitrogens with one attached hydrogen (secondary N) is 4. The van der Waals surface area contributed by atoms with E-state index in [1.54, 1.807) is 7.05 Å². The Morgan fingerprint density at radius 2 is 1.70 bits per heavy atom. The summed E-state index contributed by atoms with van der Waals surface area (Å²) in [5, 5.41) is 16.2. The van der Waals surface area contributed by atoms with E-state index in [0.29, 0.717) is 24.6 Å². The van der Waals surface area contributed by atoms with Crippen molar-refractivity contribution in [2.45, 2.75) is 44.4 Å². The van der Waals surface area contributed by atoms with Crippen LogP contribution < -0.4 is 20.7 Å². The zero-order chi connectivity index (χ0) is 22.3. The summed E-state index contributed by atoms with van der Waals surface area (Å²) >= 11 is 0. The van der Waals surface area contributed by atoms with E-state index < -0.39 is 16.1 Å². The molecule has 2 aromatic rings. The smallest absolute Gasteiger partial charge is 0.333 e. The molecule has 164 valence electrons. The summed E-state index contributed by atoms with van der Waals surface area (Å²) < 4.78 is 27.4. The average Bonchev–Trinajstić information content (AvgIpc) is 2.67. The minimum Gasteiger partial charge on any atom is -0.367 e. The number of para-hydroxylation sites is 1. The topological polar surface area (TPSA) is 125 Å². The fourth-order valence-electron chi connectivity index (χ4n) is 2.91. The summed E-state index contributed by atoms with van der Waals surface area (Å²) in [5.41, 5.74) is 2.52. The minimum absolute atomic E-state index is 0.152. The average molecular weight is 435 g/mol. The highest BCUT2D eigenvalue weighted by atomic mass is 32.2. The van der Waals surface area contributed by atoms with Crippen molar-refractivity contribution in [1.82, 2.24) is 20.2 Å². The molecule has 0 saturated carbocycles. The quantitative estimate of drug-likeness (QED) is 0.447. The van der Waals surface area contributed by atoms with Crippen molar-refractivity contribution in [3.63, 3.8) is 0 Å². The van der Waals surface area contributed by atoms with E-state index in [9.17, 15) is 13.2 Å². The number of benzene rings is 1. The predicted octanol–water partition coefficient (Wildman–Crippen LogP) is 2.87. The Balaban J connectivity index is 2.21. The number of amides is 2. The van der Waals surface area contributed by atoms with Crippen LogP contribution in [0.1, 0.15) is 50.7 Å². The molecular weight excluding hydrogens is 404 g/mol. The molecule has 4 N–H and O–H groups in total. The summed E-state index contributed by atoms with van der Waals surface area (Å²) in [5.74, 6) is 0.623. The first-order chi connectivity index (χ1) is 14.2. The lowest BCUT2D eigenvalue weighted by Gasteiger charge is -2.20. The first-order valence-electron chi connectivity index (χ1n) is 9.83. The normalized spacial score (nSPS) is 11.6. The largest absolute Gasteiger partial charge is 0.367 e. The van der Waals surface area contributed by atoms with Crippen LogP contribution >= 0.6 is 0 Å². The molecule has 1 aromatic carbocycles. The van der Waals surface area contributed by atoms with E-state index in [1.165, 1.54) is 6.07 Å². The van der Waals surface area contributed by atoms with Crippen molar-refractivity contribution >= 4 is 27.6 Å². The van der Waals surface area contributed by atoms with Gasteiger partial charge in [0.15, 0.2) is 0 Å². The third kappa shape index (κ3) is 6.14. The van der Waals surface area contributed by atoms with Gasteiger partial charge in [-0.15, -0.1) is 5.10 Å². The molecule has 9 nitrogen and oxygen atoms in total. The van der Waals surface area contributed by atoms with Gasteiger partial charge in [-0.05, 0) is 30.0 Å². The monoisotopic (exact) mass is 434 g/mol. The lowest BCUT2D eigenvalue weighted by Crippen LogP contribution is -2.35. The molecule has 2 rings (SSSR count). The zero-order valence-corrected chi connectivity index (χ0v) is 18.8. The molecule has 1 aromatic heterocycles. The van der Waals surface area contributed by atoms with Crippen LogP contribution in [0, 0.1) is 0 Å². The number of rotatable bonds is 9. The Kier molecular flexibility index (Phi) is 8.13. The third-order valence-corrected chi connectivity index (χ3v) is 5.76. The SMILES string of the molecule is CNCCNc1cc(S(=O)(=O)NC(=O)Nc2c(C(C)C)cccc2C(C)C)cnn1. The first-order valence-corrected chi connectivity index (χ1v) is 11.3. The van der Waals surface area contributed by atoms with Crippen molar-refractivity contribution < 1.29 is 13.2 Å². The van der Waals surface area contributed by atoms with Gasteiger partial charge in [0, 0.05) is 24.8 Å². The van der Waals surface area contributed by atoms with Crippen LogP contribution in [-0.4, -0.2) is 44.8 Å². The van der Waals surface area contributed by atoms with E-state index in [-0.39, 0.29) is 16.7 Å². The number of sulfonamides is 1. The lowest BCUT2D eigenvalue weighted by molar-refractivity contribution is 0.256. The Labute approximate surface area is 178 Å². The maximum absolute atomic E-state index is 12.7. The van der Waals surface area contributed by atoms with Crippen molar-refractivity contribution in [3.8, 4) is 0 Å². The van der Waals surface area contributed by atoms with Gasteiger partial charge < -0.3 is 16.0 Å². The number of carbonyl (C=O) groups is 1. The van der Waals surface area contributed by atoms with Crippen LogP contribution in [0.15, 0.2) is 35.4 Å². The zero-order valence-electron chi connectivity index (χ0n) is 18.0. The second-order valence-electron chi connectivity index (χ2n) is 7.49. The molecule has 0 aliphatic carbocycles. The number of aromatic nitrogens is 2. The van der Waals surface area contributed by atoms with Gasteiger partial charge in [-0.3, -0.25) is 0 Å². The van der Waals surface area contributed by atoms with Crippen LogP contribution in [0.3, 0.4) is 0 Å². The summed E-state index contributed by atoms with van der Waals surface area (Å²) in [6, 6.07) is 6.30. The number of carbonyl (C=O) groups excluding carboxylic acids is 1. The van der Waals surface area contributed by atoms with E-state index in [0.717, 1.165) is 17.3 Å². The van der Waals surface area contributed by atoms with Crippen molar-refractivity contribution in [1.29, 1.82) is 0 Å². The first kappa shape index (κ1) is 23.6. The third-order valence-electron chi connectivity index (χ3n) is 4.46. The highest BCUT2D eigenvalue weighted by Crippen LogP contribution is 2.32. The predicted molar refractivity (Wildman–Crippen MR) is 118 cm³/mol. The second kappa shape index (κ2) is 10.4. The van der Waals surface area contributed by atoms with Crippen molar-refractivity contribution in [2.75, 3.05) is 30.8 Å². The van der Waals surface area contributed by atoms with Crippen LogP contribution in [0.25, 0.3) is 0 Å². The highest BCUT2D eigenvalue weighted by molar-refractivity contribution is 7.90. The van der Waals surface area contributed by atoms with Gasteiger partial charge in [-0.2, -0.15) is 5.10 Å². The van der Waals surface area contributed by atoms with Crippen molar-refractivity contribution in [2.24, 2.45) is 0 Å². The van der Waals surface area contributed by atoms with E-state index >= 15 is 0 Å². The molecule has 2 amide bonds. The molecule has 0 atom stereocenters. The van der Waals surface area contributed by atoms with Crippen LogP contribution in [0.5, 0.6) is 0 Å². The van der Waals surface area contributed by atoms with Gasteiger partial charge in [0.2, 0.25) is 0 Å². The molecule has 30 heavy (non-hydrogen) atoms. The van der Waals surface area contributed by atoms with Crippen LogP contribution in [0.4, 0.5) is 16.3 Å². The standard InChI is InChI=1S/C20H30N6O3S/c1-13(2)16-7-6-8-17(14(3)4)19(16)24-20(27)26-30(28,29)15-11-18(25-23-12-15)22-10-9-21-5/h6-8,11-14,21H,9-10H2,1-5H3,(H,22,25)(H2,24,26,27). The van der Waals surface area contributed by atoms with Gasteiger partial charge in [-0.25, -0.2) is 17.9 Å². The number of urea groups is 1. The molecule has 0 aliphatic heterocycles. The number of likely N-dealkylation sites (N-methyl/N-ethyl adjacent to an activating group) is 1. The summed E-state index contributed by atoms with van der Waals surface area (Å²) in [6.45, 7) is 9.29. The van der Waals surface area contributed by atoms with Gasteiger partial charge in [0.05, 0.1) is 6.20 Å². The molecule has 0 saturated heterocycles. The molecule has 0 radical (unpaired) electrons. The summed E-state index contributed by atoms with van der Waals surface area (Å²) in [6.07, 6.45) is 1.10. The van der Waals surface area contributed by atoms with Gasteiger partial charge in [-0.1, -0.05) is 45.9 Å². The highest BCUT2D eigenvalue weighted by Gasteiger charge is 2.22. The molecule has 0 bridgehead atoms. The Bertz CT molecular complexity index is 950. The number of hydrogen-bond acceptors (Lipinski definition) is 7. The fraction of sp³-hybridized carbons (Fsp3) is 0.450. The lowest BCUT2D eigenvalue weighted by atomic mass is 9.93. The van der Waals surface area contributed by atoms with Gasteiger partial charge >= 0.3 is 6.03 Å². The van der Waals surface area contributed by atoms with Crippen LogP contribution in [0.2, 0.25) is 0 Å². The number of hydrogen-bond donors (Lipinski definition) is 4. The molecular formula is C20H30N6O3S. The minimum atomic E-state index is -4.12. The Hall–Kier alpha value is -2.72. The Morgan fingerprint density at radius 1 is 1.07 bits per heavy atom. The summed E-state index contributed by atoms with van der Waals surface area (Å²) in [4.78, 5) is 12.4. The molecule has 10 heteroatoms. The number of anilines is 2. The van der Waals surface area contributed by atoms with Gasteiger partial charge in [0.25, 0.3) is 10.0 Å². The van der Waals surface area contributed by atoms with Crippen molar-refractivity contribution in [3.05, 3.63) is 41.6 Å². The van der Waals surface area contributed by atoms with Gasteiger partial charge in [0.1, 0.15) is 10.7 Å². The number of nitrogens with zero attached hydrogens (tertiary/aromatic N) is 2. The van der Waals surface area contributed by atoms with E-state index in [4.69, 9.17) is 0 Å². The second-order valence-corrected chi connectivity index (χ2v) is 9.17. The maximum Gasteiger partial charge on any atom is 0.333 e. The Morgan fingerprint density at radius 3 is 2.27 bits per heavy atom. The maximum atomic E-state index is 12.7. The molecule has 1 heterocycles. The van der Waals surface area contributed by atoms with E-state index in [1.807, 2.05) is 45.9 Å². The van der Waals surface area contributed by atoms with Crippen LogP contribution in [-0.2, 0) is 10.0 Å². The fourth-order valence-corrected chi connectivity index (χ4v) is 3.78. The molecule has 0 spiro atoms. The molecule has 0 aliphatic rings.